The molecule has 1 saturated heterocycles. The van der Waals surface area contributed by atoms with Crippen LogP contribution in [0.5, 0.6) is 0 Å². The first-order valence-electron chi connectivity index (χ1n) is 5.16. The molecule has 88 valence electrons. The van der Waals surface area contributed by atoms with Crippen LogP contribution in [0.1, 0.15) is 23.9 Å². The summed E-state index contributed by atoms with van der Waals surface area (Å²) in [5.41, 5.74) is 0.671. The van der Waals surface area contributed by atoms with Gasteiger partial charge >= 0.3 is 0 Å². The molecule has 0 radical (unpaired) electrons. The van der Waals surface area contributed by atoms with Gasteiger partial charge in [0.2, 0.25) is 0 Å². The van der Waals surface area contributed by atoms with Crippen molar-refractivity contribution in [2.45, 2.75) is 24.9 Å². The van der Waals surface area contributed by atoms with E-state index in [1.165, 1.54) is 16.8 Å². The smallest absolute Gasteiger partial charge is 0.137 e. The van der Waals surface area contributed by atoms with E-state index in [9.17, 15) is 5.11 Å². The summed E-state index contributed by atoms with van der Waals surface area (Å²) in [5, 5.41) is 36.3. The van der Waals surface area contributed by atoms with Gasteiger partial charge in [-0.2, -0.15) is 10.5 Å². The molecule has 0 saturated carbocycles. The van der Waals surface area contributed by atoms with E-state index in [-0.39, 0.29) is 6.61 Å². The highest BCUT2D eigenvalue weighted by Gasteiger charge is 2.35. The van der Waals surface area contributed by atoms with Crippen molar-refractivity contribution in [3.05, 3.63) is 23.5 Å². The zero-order valence-corrected chi connectivity index (χ0v) is 8.95. The molecule has 17 heavy (non-hydrogen) atoms. The molecule has 0 aromatic carbocycles. The second-order valence-electron chi connectivity index (χ2n) is 3.86. The number of aliphatic hydroxyl groups is 2. The first-order valence-corrected chi connectivity index (χ1v) is 5.16. The Morgan fingerprint density at radius 3 is 2.76 bits per heavy atom. The number of aromatic nitrogens is 1. The van der Waals surface area contributed by atoms with Crippen molar-refractivity contribution in [1.29, 1.82) is 10.5 Å². The molecule has 2 N–H and O–H groups in total. The normalized spacial score (nSPS) is 27.6. The van der Waals surface area contributed by atoms with E-state index in [0.717, 1.165) is 0 Å². The number of rotatable bonds is 2. The number of hydrogen-bond donors (Lipinski definition) is 2. The number of nitriles is 2. The summed E-state index contributed by atoms with van der Waals surface area (Å²) in [5.74, 6) is 0. The van der Waals surface area contributed by atoms with Crippen molar-refractivity contribution in [3.8, 4) is 12.1 Å². The fourth-order valence-corrected chi connectivity index (χ4v) is 1.92. The fraction of sp³-hybridized carbons (Fsp3) is 0.455. The Balaban J connectivity index is 2.27. The standard InChI is InChI=1S/C11H11N3O3/c12-3-7-1-8(4-13)14(5-7)11-2-9(16)10(6-15)17-11/h1,5,9-11,15-16H,2,6H2. The largest absolute Gasteiger partial charge is 0.394 e. The van der Waals surface area contributed by atoms with Crippen LogP contribution in [0.25, 0.3) is 0 Å². The minimum absolute atomic E-state index is 0.272. The third-order valence-corrected chi connectivity index (χ3v) is 2.79. The van der Waals surface area contributed by atoms with Crippen molar-refractivity contribution >= 4 is 0 Å². The van der Waals surface area contributed by atoms with Crippen LogP contribution < -0.4 is 0 Å². The summed E-state index contributed by atoms with van der Waals surface area (Å²) in [6.07, 6.45) is -0.113. The summed E-state index contributed by atoms with van der Waals surface area (Å²) in [4.78, 5) is 0. The molecule has 0 bridgehead atoms. The summed E-state index contributed by atoms with van der Waals surface area (Å²) < 4.78 is 6.92. The highest BCUT2D eigenvalue weighted by Crippen LogP contribution is 2.30. The van der Waals surface area contributed by atoms with Gasteiger partial charge in [0.1, 0.15) is 30.2 Å². The van der Waals surface area contributed by atoms with Crippen LogP contribution in [-0.4, -0.2) is 33.6 Å². The highest BCUT2D eigenvalue weighted by atomic mass is 16.5. The fourth-order valence-electron chi connectivity index (χ4n) is 1.92. The van der Waals surface area contributed by atoms with Crippen LogP contribution >= 0.6 is 0 Å². The molecule has 1 aliphatic heterocycles. The van der Waals surface area contributed by atoms with Crippen molar-refractivity contribution in [2.24, 2.45) is 0 Å². The Morgan fingerprint density at radius 1 is 1.47 bits per heavy atom. The summed E-state index contributed by atoms with van der Waals surface area (Å²) in [7, 11) is 0. The molecule has 3 atom stereocenters. The number of aliphatic hydroxyl groups excluding tert-OH is 2. The van der Waals surface area contributed by atoms with Gasteiger partial charge in [0.15, 0.2) is 0 Å². The molecule has 0 spiro atoms. The Kier molecular flexibility index (Phi) is 3.12. The van der Waals surface area contributed by atoms with Crippen LogP contribution in [0.15, 0.2) is 12.3 Å². The third-order valence-electron chi connectivity index (χ3n) is 2.79. The van der Waals surface area contributed by atoms with Crippen LogP contribution in [0, 0.1) is 22.7 Å². The minimum Gasteiger partial charge on any atom is -0.394 e. The van der Waals surface area contributed by atoms with E-state index >= 15 is 0 Å². The van der Waals surface area contributed by atoms with Gasteiger partial charge in [0.05, 0.1) is 18.3 Å². The van der Waals surface area contributed by atoms with Crippen molar-refractivity contribution in [3.63, 3.8) is 0 Å². The molecular weight excluding hydrogens is 222 g/mol. The monoisotopic (exact) mass is 233 g/mol. The predicted octanol–water partition coefficient (Wildman–Crippen LogP) is -0.128. The van der Waals surface area contributed by atoms with Gasteiger partial charge in [-0.15, -0.1) is 0 Å². The highest BCUT2D eigenvalue weighted by molar-refractivity contribution is 5.36. The molecule has 0 amide bonds. The second-order valence-corrected chi connectivity index (χ2v) is 3.86. The van der Waals surface area contributed by atoms with Gasteiger partial charge in [0, 0.05) is 12.6 Å². The molecule has 0 aliphatic carbocycles. The molecule has 1 aromatic heterocycles. The first kappa shape index (κ1) is 11.6. The average molecular weight is 233 g/mol. The maximum Gasteiger partial charge on any atom is 0.137 e. The van der Waals surface area contributed by atoms with E-state index < -0.39 is 18.4 Å². The van der Waals surface area contributed by atoms with Crippen LogP contribution in [0.3, 0.4) is 0 Å². The number of nitrogens with zero attached hydrogens (tertiary/aromatic N) is 3. The summed E-state index contributed by atoms with van der Waals surface area (Å²) in [6, 6.07) is 5.37. The molecule has 6 nitrogen and oxygen atoms in total. The van der Waals surface area contributed by atoms with E-state index in [2.05, 4.69) is 0 Å². The molecule has 1 fully saturated rings. The van der Waals surface area contributed by atoms with Crippen LogP contribution in [0.4, 0.5) is 0 Å². The molecule has 1 aliphatic rings. The van der Waals surface area contributed by atoms with Gasteiger partial charge in [-0.1, -0.05) is 0 Å². The lowest BCUT2D eigenvalue weighted by Gasteiger charge is -2.14. The van der Waals surface area contributed by atoms with Crippen LogP contribution in [-0.2, 0) is 4.74 Å². The average Bonchev–Trinajstić information content (AvgIpc) is 2.91. The third kappa shape index (κ3) is 2.02. The molecule has 6 heteroatoms. The quantitative estimate of drug-likeness (QED) is 0.740. The van der Waals surface area contributed by atoms with Gasteiger partial charge < -0.3 is 19.5 Å². The zero-order chi connectivity index (χ0) is 12.4. The van der Waals surface area contributed by atoms with Crippen molar-refractivity contribution in [2.75, 3.05) is 6.61 Å². The maximum atomic E-state index is 9.60. The maximum absolute atomic E-state index is 9.60. The molecule has 1 aromatic rings. The minimum atomic E-state index is -0.760. The molecule has 3 unspecified atom stereocenters. The number of ether oxygens (including phenoxy) is 1. The van der Waals surface area contributed by atoms with Gasteiger partial charge in [-0.3, -0.25) is 0 Å². The van der Waals surface area contributed by atoms with E-state index in [0.29, 0.717) is 17.7 Å². The summed E-state index contributed by atoms with van der Waals surface area (Å²) >= 11 is 0. The molecular formula is C11H11N3O3. The van der Waals surface area contributed by atoms with Gasteiger partial charge in [-0.25, -0.2) is 0 Å². The van der Waals surface area contributed by atoms with Gasteiger partial charge in [0.25, 0.3) is 0 Å². The SMILES string of the molecule is N#Cc1cc(C#N)n(C2CC(O)C(CO)O2)c1. The topological polar surface area (TPSA) is 102 Å². The van der Waals surface area contributed by atoms with Crippen LogP contribution in [0.2, 0.25) is 0 Å². The predicted molar refractivity (Wildman–Crippen MR) is 55.5 cm³/mol. The lowest BCUT2D eigenvalue weighted by atomic mass is 10.2. The lowest BCUT2D eigenvalue weighted by Crippen LogP contribution is -2.24. The Hall–Kier alpha value is -1.86. The second kappa shape index (κ2) is 4.56. The Morgan fingerprint density at radius 2 is 2.24 bits per heavy atom. The van der Waals surface area contributed by atoms with E-state index in [1.54, 1.807) is 0 Å². The number of hydrogen-bond acceptors (Lipinski definition) is 5. The molecule has 2 rings (SSSR count). The Labute approximate surface area is 97.9 Å². The van der Waals surface area contributed by atoms with E-state index in [4.69, 9.17) is 20.4 Å². The lowest BCUT2D eigenvalue weighted by molar-refractivity contribution is -0.0444. The van der Waals surface area contributed by atoms with Crippen molar-refractivity contribution in [1.82, 2.24) is 4.57 Å². The Bertz CT molecular complexity index is 497. The molecule has 2 heterocycles. The van der Waals surface area contributed by atoms with E-state index in [1.807, 2.05) is 12.1 Å². The van der Waals surface area contributed by atoms with Crippen molar-refractivity contribution < 1.29 is 14.9 Å². The summed E-state index contributed by atoms with van der Waals surface area (Å²) in [6.45, 7) is -0.272. The van der Waals surface area contributed by atoms with Gasteiger partial charge in [-0.05, 0) is 6.07 Å². The zero-order valence-electron chi connectivity index (χ0n) is 8.95. The first-order chi connectivity index (χ1) is 8.19.